The van der Waals surface area contributed by atoms with Crippen molar-refractivity contribution in [1.82, 2.24) is 10.2 Å². The third-order valence-electron chi connectivity index (χ3n) is 6.63. The molecule has 0 unspecified atom stereocenters. The highest BCUT2D eigenvalue weighted by Gasteiger charge is 2.35. The molecule has 0 bridgehead atoms. The minimum absolute atomic E-state index is 0.238. The van der Waals surface area contributed by atoms with Gasteiger partial charge in [0.1, 0.15) is 0 Å². The number of carbonyl (C=O) groups excluding carboxylic acids is 2. The van der Waals surface area contributed by atoms with Crippen LogP contribution in [0.5, 0.6) is 0 Å². The number of benzene rings is 2. The van der Waals surface area contributed by atoms with Gasteiger partial charge in [0.25, 0.3) is 5.91 Å². The summed E-state index contributed by atoms with van der Waals surface area (Å²) in [5.74, 6) is 1.13. The molecule has 2 aliphatic rings. The first kappa shape index (κ1) is 23.9. The van der Waals surface area contributed by atoms with Gasteiger partial charge in [0.2, 0.25) is 6.10 Å². The average molecular weight is 490 g/mol. The molecule has 2 N–H and O–H groups in total. The molecular formula is C25H29Cl2N3O3. The summed E-state index contributed by atoms with van der Waals surface area (Å²) in [6.07, 6.45) is 2.52. The molecule has 2 aromatic carbocycles. The number of piperidine rings is 2. The zero-order chi connectivity index (χ0) is 23.2. The van der Waals surface area contributed by atoms with Crippen molar-refractivity contribution in [3.63, 3.8) is 0 Å². The molecule has 0 aliphatic carbocycles. The molecule has 2 fully saturated rings. The summed E-state index contributed by atoms with van der Waals surface area (Å²) in [4.78, 5) is 28.0. The summed E-state index contributed by atoms with van der Waals surface area (Å²) < 4.78 is 5.64. The Morgan fingerprint density at radius 1 is 0.939 bits per heavy atom. The predicted octanol–water partition coefficient (Wildman–Crippen LogP) is 5.52. The maximum atomic E-state index is 13.5. The van der Waals surface area contributed by atoms with Crippen LogP contribution in [0.2, 0.25) is 10.0 Å². The van der Waals surface area contributed by atoms with E-state index in [9.17, 15) is 9.59 Å². The number of anilines is 1. The maximum absolute atomic E-state index is 13.5. The van der Waals surface area contributed by atoms with Gasteiger partial charge in [0.05, 0.1) is 0 Å². The number of carbonyl (C=O) groups is 2. The van der Waals surface area contributed by atoms with E-state index in [0.717, 1.165) is 31.8 Å². The average Bonchev–Trinajstić information content (AvgIpc) is 2.85. The smallest absolute Gasteiger partial charge is 0.412 e. The van der Waals surface area contributed by atoms with E-state index in [4.69, 9.17) is 27.9 Å². The lowest BCUT2D eigenvalue weighted by Gasteiger charge is -2.38. The molecule has 4 rings (SSSR count). The van der Waals surface area contributed by atoms with E-state index >= 15 is 0 Å². The first-order chi connectivity index (χ1) is 16.0. The third kappa shape index (κ3) is 6.19. The van der Waals surface area contributed by atoms with Gasteiger partial charge in [-0.15, -0.1) is 0 Å². The van der Waals surface area contributed by atoms with Gasteiger partial charge >= 0.3 is 6.09 Å². The Morgan fingerprint density at radius 2 is 1.58 bits per heavy atom. The van der Waals surface area contributed by atoms with Gasteiger partial charge in [-0.05, 0) is 80.9 Å². The fourth-order valence-electron chi connectivity index (χ4n) is 4.79. The first-order valence-corrected chi connectivity index (χ1v) is 12.2. The molecule has 2 aromatic rings. The van der Waals surface area contributed by atoms with E-state index in [1.165, 1.54) is 12.8 Å². The quantitative estimate of drug-likeness (QED) is 0.579. The van der Waals surface area contributed by atoms with Crippen LogP contribution in [0.1, 0.15) is 37.4 Å². The van der Waals surface area contributed by atoms with E-state index in [1.807, 2.05) is 0 Å². The van der Waals surface area contributed by atoms with Crippen molar-refractivity contribution in [1.29, 1.82) is 0 Å². The highest BCUT2D eigenvalue weighted by Crippen LogP contribution is 2.33. The van der Waals surface area contributed by atoms with E-state index in [0.29, 0.717) is 40.3 Å². The van der Waals surface area contributed by atoms with Crippen molar-refractivity contribution in [2.45, 2.75) is 31.8 Å². The molecule has 2 heterocycles. The summed E-state index contributed by atoms with van der Waals surface area (Å²) in [5.41, 5.74) is 1.01. The molecule has 0 spiro atoms. The van der Waals surface area contributed by atoms with Crippen molar-refractivity contribution < 1.29 is 14.3 Å². The van der Waals surface area contributed by atoms with Crippen LogP contribution < -0.4 is 10.6 Å². The molecule has 2 aliphatic heterocycles. The number of ether oxygens (including phenoxy) is 1. The van der Waals surface area contributed by atoms with Gasteiger partial charge in [-0.2, -0.15) is 0 Å². The van der Waals surface area contributed by atoms with E-state index in [2.05, 4.69) is 10.6 Å². The summed E-state index contributed by atoms with van der Waals surface area (Å²) in [5, 5.41) is 7.03. The second kappa shape index (κ2) is 11.2. The van der Waals surface area contributed by atoms with Gasteiger partial charge < -0.3 is 15.0 Å². The van der Waals surface area contributed by atoms with Crippen LogP contribution >= 0.6 is 23.2 Å². The number of halogens is 2. The Bertz CT molecular complexity index is 956. The molecule has 0 radical (unpaired) electrons. The number of amides is 2. The van der Waals surface area contributed by atoms with Crippen LogP contribution in [-0.2, 0) is 9.53 Å². The zero-order valence-corrected chi connectivity index (χ0v) is 19.9. The maximum Gasteiger partial charge on any atom is 0.412 e. The molecule has 33 heavy (non-hydrogen) atoms. The van der Waals surface area contributed by atoms with E-state index < -0.39 is 12.2 Å². The van der Waals surface area contributed by atoms with Gasteiger partial charge in [0.15, 0.2) is 0 Å². The monoisotopic (exact) mass is 489 g/mol. The summed E-state index contributed by atoms with van der Waals surface area (Å²) in [6.45, 7) is 3.48. The fraction of sp³-hybridized carbons (Fsp3) is 0.440. The third-order valence-corrected chi connectivity index (χ3v) is 7.23. The number of nitrogens with one attached hydrogen (secondary N) is 2. The Balaban J connectivity index is 1.44. The van der Waals surface area contributed by atoms with Crippen LogP contribution in [0.15, 0.2) is 48.5 Å². The normalized spacial score (nSPS) is 18.5. The molecule has 8 heteroatoms. The second-order valence-electron chi connectivity index (χ2n) is 8.69. The van der Waals surface area contributed by atoms with Gasteiger partial charge in [0, 0.05) is 34.4 Å². The summed E-state index contributed by atoms with van der Waals surface area (Å²) >= 11 is 12.3. The number of nitrogens with zero attached hydrogens (tertiary/aromatic N) is 1. The Kier molecular flexibility index (Phi) is 8.12. The second-order valence-corrected chi connectivity index (χ2v) is 9.53. The van der Waals surface area contributed by atoms with Crippen molar-refractivity contribution in [2.24, 2.45) is 11.8 Å². The molecule has 2 saturated heterocycles. The van der Waals surface area contributed by atoms with Gasteiger partial charge in [-0.1, -0.05) is 41.4 Å². The molecule has 1 atom stereocenters. The molecule has 0 aromatic heterocycles. The van der Waals surface area contributed by atoms with Crippen LogP contribution in [0, 0.1) is 11.8 Å². The first-order valence-electron chi connectivity index (χ1n) is 11.5. The SMILES string of the molecule is O=C(Nc1ccc(Cl)cc1)O[C@@H](C(=O)N1CCC(C2CCNCC2)CC1)c1ccccc1Cl. The van der Waals surface area contributed by atoms with Crippen molar-refractivity contribution in [2.75, 3.05) is 31.5 Å². The summed E-state index contributed by atoms with van der Waals surface area (Å²) in [7, 11) is 0. The van der Waals surface area contributed by atoms with Crippen LogP contribution in [0.25, 0.3) is 0 Å². The van der Waals surface area contributed by atoms with E-state index in [-0.39, 0.29) is 5.91 Å². The predicted molar refractivity (Wildman–Crippen MR) is 131 cm³/mol. The standard InChI is InChI=1S/C25H29Cl2N3O3/c26-19-5-7-20(8-6-19)29-25(32)33-23(21-3-1-2-4-22(21)27)24(31)30-15-11-18(12-16-30)17-9-13-28-14-10-17/h1-8,17-18,23,28H,9-16H2,(H,29,32)/t23-/m1/s1. The number of hydrogen-bond acceptors (Lipinski definition) is 4. The van der Waals surface area contributed by atoms with Crippen molar-refractivity contribution >= 4 is 40.9 Å². The lowest BCUT2D eigenvalue weighted by molar-refractivity contribution is -0.142. The largest absolute Gasteiger partial charge is 0.431 e. The lowest BCUT2D eigenvalue weighted by atomic mass is 9.79. The highest BCUT2D eigenvalue weighted by atomic mass is 35.5. The lowest BCUT2D eigenvalue weighted by Crippen LogP contribution is -2.44. The van der Waals surface area contributed by atoms with Crippen LogP contribution in [0.3, 0.4) is 0 Å². The summed E-state index contributed by atoms with van der Waals surface area (Å²) in [6, 6.07) is 13.7. The van der Waals surface area contributed by atoms with Crippen molar-refractivity contribution in [3.05, 3.63) is 64.1 Å². The van der Waals surface area contributed by atoms with E-state index in [1.54, 1.807) is 53.4 Å². The fourth-order valence-corrected chi connectivity index (χ4v) is 5.16. The Hall–Kier alpha value is -2.28. The van der Waals surface area contributed by atoms with Crippen molar-refractivity contribution in [3.8, 4) is 0 Å². The molecular weight excluding hydrogens is 461 g/mol. The molecule has 176 valence electrons. The van der Waals surface area contributed by atoms with Gasteiger partial charge in [-0.3, -0.25) is 10.1 Å². The van der Waals surface area contributed by atoms with Crippen LogP contribution in [-0.4, -0.2) is 43.1 Å². The number of likely N-dealkylation sites (tertiary alicyclic amines) is 1. The molecule has 6 nitrogen and oxygen atoms in total. The highest BCUT2D eigenvalue weighted by molar-refractivity contribution is 6.31. The number of rotatable bonds is 5. The Morgan fingerprint density at radius 3 is 2.24 bits per heavy atom. The number of hydrogen-bond donors (Lipinski definition) is 2. The van der Waals surface area contributed by atoms with Gasteiger partial charge in [-0.25, -0.2) is 4.79 Å². The minimum atomic E-state index is -1.11. The zero-order valence-electron chi connectivity index (χ0n) is 18.4. The topological polar surface area (TPSA) is 70.7 Å². The molecule has 0 saturated carbocycles. The molecule has 2 amide bonds. The Labute approximate surface area is 204 Å². The minimum Gasteiger partial charge on any atom is -0.431 e. The van der Waals surface area contributed by atoms with Crippen LogP contribution in [0.4, 0.5) is 10.5 Å².